The molecule has 0 spiro atoms. The van der Waals surface area contributed by atoms with E-state index in [0.717, 1.165) is 27.6 Å². The van der Waals surface area contributed by atoms with E-state index in [4.69, 9.17) is 23.7 Å². The molecule has 69 heavy (non-hydrogen) atoms. The second-order valence-corrected chi connectivity index (χ2v) is 19.8. The van der Waals surface area contributed by atoms with Crippen LogP contribution in [0.4, 0.5) is 28.0 Å². The Balaban J connectivity index is 0.000000196. The lowest BCUT2D eigenvalue weighted by Gasteiger charge is -2.28. The predicted octanol–water partition coefficient (Wildman–Crippen LogP) is 9.84. The number of fused-ring (bicyclic) bond motifs is 2. The molecule has 0 aliphatic carbocycles. The first-order valence-corrected chi connectivity index (χ1v) is 24.2. The van der Waals surface area contributed by atoms with Crippen molar-refractivity contribution in [1.29, 1.82) is 0 Å². The fourth-order valence-corrected chi connectivity index (χ4v) is 9.05. The molecule has 4 heterocycles. The highest BCUT2D eigenvalue weighted by molar-refractivity contribution is 9.08. The Morgan fingerprint density at radius 3 is 1.41 bits per heavy atom. The number of alkyl halides is 1. The third kappa shape index (κ3) is 14.9. The van der Waals surface area contributed by atoms with Crippen molar-refractivity contribution in [2.75, 3.05) is 26.2 Å². The van der Waals surface area contributed by atoms with Crippen molar-refractivity contribution in [3.63, 3.8) is 0 Å². The molecule has 4 aliphatic rings. The van der Waals surface area contributed by atoms with Gasteiger partial charge in [0.1, 0.15) is 36.1 Å². The van der Waals surface area contributed by atoms with Gasteiger partial charge in [-0.3, -0.25) is 0 Å². The van der Waals surface area contributed by atoms with Crippen molar-refractivity contribution in [2.24, 2.45) is 0 Å². The Hall–Kier alpha value is -5.78. The van der Waals surface area contributed by atoms with E-state index in [-0.39, 0.29) is 56.1 Å². The fourth-order valence-electron chi connectivity index (χ4n) is 8.67. The molecule has 14 nitrogen and oxygen atoms in total. The quantitative estimate of drug-likeness (QED) is 0.134. The molecule has 0 aromatic heterocycles. The topological polar surface area (TPSA) is 148 Å². The molecule has 4 fully saturated rings. The van der Waals surface area contributed by atoms with Crippen LogP contribution in [0, 0.1) is 11.6 Å². The van der Waals surface area contributed by atoms with E-state index >= 15 is 0 Å². The Morgan fingerprint density at radius 1 is 0.551 bits per heavy atom. The zero-order valence-electron chi connectivity index (χ0n) is 40.0. The van der Waals surface area contributed by atoms with E-state index in [9.17, 15) is 33.1 Å². The number of aliphatic hydroxyl groups excluding tert-OH is 1. The summed E-state index contributed by atoms with van der Waals surface area (Å²) in [7, 11) is 0. The summed E-state index contributed by atoms with van der Waals surface area (Å²) < 4.78 is 53.6. The van der Waals surface area contributed by atoms with Gasteiger partial charge in [-0.05, 0) is 101 Å². The molecule has 4 saturated heterocycles. The first-order valence-electron chi connectivity index (χ1n) is 23.1. The zero-order chi connectivity index (χ0) is 49.9. The minimum Gasteiger partial charge on any atom is -0.445 e. The van der Waals surface area contributed by atoms with Crippen LogP contribution >= 0.6 is 15.9 Å². The molecule has 372 valence electrons. The molecular formula is C52H63BrF2N4O10. The Labute approximate surface area is 411 Å². The summed E-state index contributed by atoms with van der Waals surface area (Å²) in [5.74, 6) is -0.497. The average molecular weight is 1020 g/mol. The smallest absolute Gasteiger partial charge is 0.410 e. The van der Waals surface area contributed by atoms with E-state index in [1.54, 1.807) is 54.8 Å². The van der Waals surface area contributed by atoms with Crippen LogP contribution in [0.1, 0.15) is 76.6 Å². The lowest BCUT2D eigenvalue weighted by Crippen LogP contribution is -2.46. The van der Waals surface area contributed by atoms with Crippen molar-refractivity contribution in [1.82, 2.24) is 19.6 Å². The summed E-state index contributed by atoms with van der Waals surface area (Å²) in [6, 6.07) is 30.1. The molecule has 0 bridgehead atoms. The molecule has 0 saturated carbocycles. The third-order valence-corrected chi connectivity index (χ3v) is 12.4. The number of ether oxygens (including phenoxy) is 5. The van der Waals surface area contributed by atoms with Crippen molar-refractivity contribution in [3.8, 4) is 0 Å². The number of likely N-dealkylation sites (tertiary alicyclic amines) is 4. The first-order chi connectivity index (χ1) is 32.8. The summed E-state index contributed by atoms with van der Waals surface area (Å²) in [4.78, 5) is 57.2. The number of carbonyl (C=O) groups is 4. The SMILES string of the molecule is CC(C)(C)OC(=O)N1C[C@H](O)[C@@H]2[C@H]1CCN2C(=O)OCc1ccccc1.CC(C)(C)OC(=O)N1C[C@H](OCc2ccc(F)cc2)[C@@H]2[C@H]1CCN2C(=O)OCc1ccccc1.Fc1ccc(CBr)cc1. The molecule has 4 aliphatic heterocycles. The number of β-amino-alcohol motifs (C(OH)–C–C–N with tert-alkyl or cyclic N) is 1. The van der Waals surface area contributed by atoms with Gasteiger partial charge in [0.25, 0.3) is 0 Å². The average Bonchev–Trinajstić information content (AvgIpc) is 4.10. The normalized spacial score (nSPS) is 21.5. The van der Waals surface area contributed by atoms with Gasteiger partial charge in [0.05, 0.1) is 56.1 Å². The van der Waals surface area contributed by atoms with Gasteiger partial charge in [-0.25, -0.2) is 28.0 Å². The predicted molar refractivity (Wildman–Crippen MR) is 257 cm³/mol. The van der Waals surface area contributed by atoms with Crippen LogP contribution in [0.5, 0.6) is 0 Å². The maximum atomic E-state index is 13.3. The molecular weight excluding hydrogens is 958 g/mol. The first kappa shape index (κ1) is 52.6. The number of nitrogens with zero attached hydrogens (tertiary/aromatic N) is 4. The number of hydrogen-bond acceptors (Lipinski definition) is 10. The van der Waals surface area contributed by atoms with Gasteiger partial charge in [0.15, 0.2) is 0 Å². The minimum absolute atomic E-state index is 0.159. The van der Waals surface area contributed by atoms with Gasteiger partial charge >= 0.3 is 24.4 Å². The van der Waals surface area contributed by atoms with Crippen LogP contribution in [0.25, 0.3) is 0 Å². The van der Waals surface area contributed by atoms with Crippen LogP contribution in [0.2, 0.25) is 0 Å². The lowest BCUT2D eigenvalue weighted by atomic mass is 10.1. The van der Waals surface area contributed by atoms with E-state index in [1.807, 2.05) is 81.4 Å². The number of halogens is 3. The van der Waals surface area contributed by atoms with Crippen molar-refractivity contribution < 1.29 is 56.7 Å². The van der Waals surface area contributed by atoms with Crippen molar-refractivity contribution in [2.45, 2.75) is 127 Å². The van der Waals surface area contributed by atoms with E-state index in [2.05, 4.69) is 15.9 Å². The highest BCUT2D eigenvalue weighted by Gasteiger charge is 2.54. The van der Waals surface area contributed by atoms with E-state index in [0.29, 0.717) is 32.5 Å². The maximum Gasteiger partial charge on any atom is 0.410 e. The molecule has 8 rings (SSSR count). The molecule has 17 heteroatoms. The van der Waals surface area contributed by atoms with Crippen LogP contribution in [-0.2, 0) is 48.8 Å². The largest absolute Gasteiger partial charge is 0.445 e. The standard InChI is InChI=1S/C26H31FN2O5.C19H26N2O5.C7H6BrF/c1-26(2,3)34-25(31)29-15-22(32-16-19-9-11-20(27)12-10-19)23-21(29)13-14-28(23)24(30)33-17-18-7-5-4-6-8-18;1-19(2,3)26-18(24)21-11-15(22)16-14(21)9-10-20(16)17(23)25-12-13-7-5-4-6-8-13;8-5-6-1-3-7(9)4-2-6/h4-12,21-23H,13-17H2,1-3H3;4-8,14-16,22H,9-12H2,1-3H3;1-4H,5H2/t21-,22+,23+;14-,15+,16+;/m11./s1. The van der Waals surface area contributed by atoms with Gasteiger partial charge in [-0.2, -0.15) is 0 Å². The van der Waals surface area contributed by atoms with Crippen LogP contribution in [-0.4, -0.2) is 123 Å². The van der Waals surface area contributed by atoms with Crippen molar-refractivity contribution in [3.05, 3.63) is 143 Å². The fraction of sp³-hybridized carbons (Fsp3) is 0.462. The Morgan fingerprint density at radius 2 is 0.957 bits per heavy atom. The highest BCUT2D eigenvalue weighted by atomic mass is 79.9. The second kappa shape index (κ2) is 23.7. The second-order valence-electron chi connectivity index (χ2n) is 19.2. The summed E-state index contributed by atoms with van der Waals surface area (Å²) in [6.45, 7) is 12.8. The van der Waals surface area contributed by atoms with Crippen LogP contribution in [0.3, 0.4) is 0 Å². The monoisotopic (exact) mass is 1020 g/mol. The van der Waals surface area contributed by atoms with Crippen molar-refractivity contribution >= 4 is 40.3 Å². The molecule has 1 N–H and O–H groups in total. The summed E-state index contributed by atoms with van der Waals surface area (Å²) >= 11 is 3.26. The number of carbonyl (C=O) groups excluding carboxylic acids is 4. The van der Waals surface area contributed by atoms with Gasteiger partial charge in [-0.1, -0.05) is 101 Å². The number of amides is 4. The van der Waals surface area contributed by atoms with Gasteiger partial charge in [0, 0.05) is 18.4 Å². The maximum absolute atomic E-state index is 13.3. The molecule has 4 aromatic carbocycles. The highest BCUT2D eigenvalue weighted by Crippen LogP contribution is 2.36. The summed E-state index contributed by atoms with van der Waals surface area (Å²) in [5.41, 5.74) is 2.47. The van der Waals surface area contributed by atoms with E-state index < -0.39 is 53.8 Å². The van der Waals surface area contributed by atoms with E-state index in [1.165, 1.54) is 34.1 Å². The number of rotatable bonds is 8. The number of hydrogen-bond donors (Lipinski definition) is 1. The molecule has 4 aromatic rings. The Kier molecular flexibility index (Phi) is 18.1. The van der Waals surface area contributed by atoms with Crippen LogP contribution in [0.15, 0.2) is 109 Å². The zero-order valence-corrected chi connectivity index (χ0v) is 41.6. The summed E-state index contributed by atoms with van der Waals surface area (Å²) in [5, 5.41) is 11.2. The lowest BCUT2D eigenvalue weighted by molar-refractivity contribution is -0.000330. The van der Waals surface area contributed by atoms with Gasteiger partial charge in [-0.15, -0.1) is 0 Å². The molecule has 4 amide bonds. The molecule has 0 unspecified atom stereocenters. The summed E-state index contributed by atoms with van der Waals surface area (Å²) in [6.07, 6.45) is -1.79. The Bertz CT molecular complexity index is 2300. The molecule has 6 atom stereocenters. The van der Waals surface area contributed by atoms with Gasteiger partial charge < -0.3 is 48.4 Å². The third-order valence-electron chi connectivity index (χ3n) is 11.8. The van der Waals surface area contributed by atoms with Crippen LogP contribution < -0.4 is 0 Å². The number of benzene rings is 4. The minimum atomic E-state index is -0.806. The number of aliphatic hydroxyl groups is 1. The van der Waals surface area contributed by atoms with Gasteiger partial charge in [0.2, 0.25) is 0 Å². The molecule has 0 radical (unpaired) electrons.